The third-order valence-electron chi connectivity index (χ3n) is 4.54. The van der Waals surface area contributed by atoms with Crippen LogP contribution in [-0.4, -0.2) is 20.5 Å². The van der Waals surface area contributed by atoms with Crippen molar-refractivity contribution >= 4 is 27.9 Å². The number of carbonyl (C=O) groups excluding carboxylic acids is 1. The van der Waals surface area contributed by atoms with Crippen LogP contribution < -0.4 is 15.6 Å². The van der Waals surface area contributed by atoms with Gasteiger partial charge < -0.3 is 10.1 Å². The predicted molar refractivity (Wildman–Crippen MR) is 121 cm³/mol. The normalized spacial score (nSPS) is 11.1. The lowest BCUT2D eigenvalue weighted by atomic mass is 10.1. The van der Waals surface area contributed by atoms with E-state index in [2.05, 4.69) is 29.2 Å². The van der Waals surface area contributed by atoms with Crippen LogP contribution in [0.15, 0.2) is 59.4 Å². The minimum atomic E-state index is -0.581. The smallest absolute Gasteiger partial charge is 0.275 e. The number of rotatable bonds is 7. The molecular formula is C23H21FN4O3S. The van der Waals surface area contributed by atoms with Crippen LogP contribution in [0.5, 0.6) is 5.75 Å². The van der Waals surface area contributed by atoms with Gasteiger partial charge in [0.25, 0.3) is 11.5 Å². The first kappa shape index (κ1) is 21.6. The lowest BCUT2D eigenvalue weighted by Gasteiger charge is -2.08. The fourth-order valence-electron chi connectivity index (χ4n) is 3.04. The van der Waals surface area contributed by atoms with E-state index in [1.54, 1.807) is 30.3 Å². The summed E-state index contributed by atoms with van der Waals surface area (Å²) in [5, 5.41) is 7.85. The molecule has 0 saturated carbocycles. The number of fused-ring (bicyclic) bond motifs is 1. The molecule has 4 rings (SSSR count). The van der Waals surface area contributed by atoms with Gasteiger partial charge in [0.05, 0.1) is 11.3 Å². The summed E-state index contributed by atoms with van der Waals surface area (Å²) in [4.78, 5) is 29.6. The summed E-state index contributed by atoms with van der Waals surface area (Å²) in [6.45, 7) is 4.31. The highest BCUT2D eigenvalue weighted by Crippen LogP contribution is 2.19. The van der Waals surface area contributed by atoms with Gasteiger partial charge in [-0.15, -0.1) is 0 Å². The quantitative estimate of drug-likeness (QED) is 0.451. The summed E-state index contributed by atoms with van der Waals surface area (Å²) in [5.41, 5.74) is 0.740. The molecule has 0 fully saturated rings. The minimum absolute atomic E-state index is 0.0276. The molecule has 0 unspecified atom stereocenters. The van der Waals surface area contributed by atoms with Crippen LogP contribution in [0.4, 0.5) is 10.1 Å². The summed E-state index contributed by atoms with van der Waals surface area (Å²) < 4.78 is 20.8. The number of amides is 1. The monoisotopic (exact) mass is 452 g/mol. The Morgan fingerprint density at radius 1 is 1.19 bits per heavy atom. The van der Waals surface area contributed by atoms with Gasteiger partial charge in [-0.3, -0.25) is 9.59 Å². The van der Waals surface area contributed by atoms with Gasteiger partial charge in [0, 0.05) is 18.2 Å². The lowest BCUT2D eigenvalue weighted by Crippen LogP contribution is -2.16. The van der Waals surface area contributed by atoms with Crippen LogP contribution >= 0.6 is 11.3 Å². The van der Waals surface area contributed by atoms with E-state index in [4.69, 9.17) is 4.74 Å². The zero-order valence-corrected chi connectivity index (χ0v) is 18.4. The Hall–Kier alpha value is -3.59. The van der Waals surface area contributed by atoms with Gasteiger partial charge in [-0.05, 0) is 42.3 Å². The van der Waals surface area contributed by atoms with E-state index in [0.29, 0.717) is 28.0 Å². The Bertz CT molecular complexity index is 1320. The lowest BCUT2D eigenvalue weighted by molar-refractivity contribution is 0.102. The van der Waals surface area contributed by atoms with Crippen molar-refractivity contribution in [3.63, 3.8) is 0 Å². The maximum atomic E-state index is 13.7. The van der Waals surface area contributed by atoms with Crippen LogP contribution in [-0.2, 0) is 13.0 Å². The molecule has 4 aromatic rings. The standard InChI is InChI=1S/C23H21FN4O3S/c1-14(2)11-20-27-28-21(29)12-16(26-23(28)32-20)13-31-17-9-7-15(8-10-17)25-22(30)18-5-3-4-6-19(18)24/h3-10,12,14H,11,13H2,1-2H3,(H,25,30). The SMILES string of the molecule is CC(C)Cc1nn2c(=O)cc(COc3ccc(NC(=O)c4ccccc4F)cc3)nc2s1. The Labute approximate surface area is 187 Å². The molecular weight excluding hydrogens is 431 g/mol. The van der Waals surface area contributed by atoms with E-state index < -0.39 is 11.7 Å². The number of nitrogens with one attached hydrogen (secondary N) is 1. The van der Waals surface area contributed by atoms with Crippen molar-refractivity contribution in [3.8, 4) is 5.75 Å². The van der Waals surface area contributed by atoms with Gasteiger partial charge in [-0.2, -0.15) is 9.61 Å². The average Bonchev–Trinajstić information content (AvgIpc) is 3.16. The predicted octanol–water partition coefficient (Wildman–Crippen LogP) is 4.32. The van der Waals surface area contributed by atoms with Crippen molar-refractivity contribution in [2.24, 2.45) is 5.92 Å². The van der Waals surface area contributed by atoms with E-state index in [0.717, 1.165) is 11.4 Å². The van der Waals surface area contributed by atoms with Gasteiger partial charge in [0.1, 0.15) is 23.2 Å². The second kappa shape index (κ2) is 9.27. The van der Waals surface area contributed by atoms with Gasteiger partial charge in [0.2, 0.25) is 4.96 Å². The first-order chi connectivity index (χ1) is 15.4. The molecule has 9 heteroatoms. The topological polar surface area (TPSA) is 85.6 Å². The molecule has 0 saturated heterocycles. The fourth-order valence-corrected chi connectivity index (χ4v) is 4.17. The molecule has 1 N–H and O–H groups in total. The summed E-state index contributed by atoms with van der Waals surface area (Å²) >= 11 is 1.40. The first-order valence-corrected chi connectivity index (χ1v) is 10.9. The maximum absolute atomic E-state index is 13.7. The third kappa shape index (κ3) is 5.00. The van der Waals surface area contributed by atoms with E-state index in [1.165, 1.54) is 40.1 Å². The number of hydrogen-bond acceptors (Lipinski definition) is 6. The number of benzene rings is 2. The van der Waals surface area contributed by atoms with Gasteiger partial charge in [-0.1, -0.05) is 37.3 Å². The van der Waals surface area contributed by atoms with Crippen molar-refractivity contribution < 1.29 is 13.9 Å². The highest BCUT2D eigenvalue weighted by molar-refractivity contribution is 7.16. The number of ether oxygens (including phenoxy) is 1. The Morgan fingerprint density at radius 2 is 1.94 bits per heavy atom. The second-order valence-corrected chi connectivity index (χ2v) is 8.66. The molecule has 0 bridgehead atoms. The van der Waals surface area contributed by atoms with Crippen molar-refractivity contribution in [1.82, 2.24) is 14.6 Å². The van der Waals surface area contributed by atoms with Crippen molar-refractivity contribution in [2.75, 3.05) is 5.32 Å². The zero-order chi connectivity index (χ0) is 22.7. The van der Waals surface area contributed by atoms with Gasteiger partial charge in [0.15, 0.2) is 0 Å². The van der Waals surface area contributed by atoms with Crippen molar-refractivity contribution in [3.05, 3.63) is 87.0 Å². The summed E-state index contributed by atoms with van der Waals surface area (Å²) in [6, 6.07) is 13.9. The number of carbonyl (C=O) groups is 1. The Kier molecular flexibility index (Phi) is 6.27. The van der Waals surface area contributed by atoms with Crippen LogP contribution in [0.3, 0.4) is 0 Å². The van der Waals surface area contributed by atoms with E-state index in [-0.39, 0.29) is 17.7 Å². The van der Waals surface area contributed by atoms with Crippen LogP contribution in [0.1, 0.15) is 34.9 Å². The zero-order valence-electron chi connectivity index (χ0n) is 17.5. The van der Waals surface area contributed by atoms with E-state index in [9.17, 15) is 14.0 Å². The average molecular weight is 453 g/mol. The van der Waals surface area contributed by atoms with Crippen molar-refractivity contribution in [1.29, 1.82) is 0 Å². The van der Waals surface area contributed by atoms with E-state index in [1.807, 2.05) is 0 Å². The molecule has 0 radical (unpaired) electrons. The number of halogens is 1. The number of hydrogen-bond donors (Lipinski definition) is 1. The first-order valence-electron chi connectivity index (χ1n) is 10.1. The second-order valence-electron chi connectivity index (χ2n) is 7.62. The number of anilines is 1. The van der Waals surface area contributed by atoms with Crippen LogP contribution in [0, 0.1) is 11.7 Å². The van der Waals surface area contributed by atoms with Crippen LogP contribution in [0.2, 0.25) is 0 Å². The molecule has 2 aromatic carbocycles. The molecule has 0 aliphatic heterocycles. The fraction of sp³-hybridized carbons (Fsp3) is 0.217. The van der Waals surface area contributed by atoms with E-state index >= 15 is 0 Å². The molecule has 1 amide bonds. The molecule has 0 spiro atoms. The molecule has 2 heterocycles. The highest BCUT2D eigenvalue weighted by atomic mass is 32.1. The summed E-state index contributed by atoms with van der Waals surface area (Å²) in [7, 11) is 0. The molecule has 7 nitrogen and oxygen atoms in total. The Balaban J connectivity index is 1.41. The number of nitrogens with zero attached hydrogens (tertiary/aromatic N) is 3. The molecule has 164 valence electrons. The highest BCUT2D eigenvalue weighted by Gasteiger charge is 2.12. The maximum Gasteiger partial charge on any atom is 0.275 e. The summed E-state index contributed by atoms with van der Waals surface area (Å²) in [6.07, 6.45) is 0.791. The molecule has 0 atom stereocenters. The van der Waals surface area contributed by atoms with Crippen LogP contribution in [0.25, 0.3) is 4.96 Å². The largest absolute Gasteiger partial charge is 0.487 e. The number of aromatic nitrogens is 3. The minimum Gasteiger partial charge on any atom is -0.487 e. The van der Waals surface area contributed by atoms with Gasteiger partial charge in [-0.25, -0.2) is 9.37 Å². The van der Waals surface area contributed by atoms with Gasteiger partial charge >= 0.3 is 0 Å². The Morgan fingerprint density at radius 3 is 2.66 bits per heavy atom. The summed E-state index contributed by atoms with van der Waals surface area (Å²) in [5.74, 6) is -0.132. The third-order valence-corrected chi connectivity index (χ3v) is 5.47. The molecule has 0 aliphatic rings. The molecule has 32 heavy (non-hydrogen) atoms. The molecule has 0 aliphatic carbocycles. The van der Waals surface area contributed by atoms with Crippen molar-refractivity contribution in [2.45, 2.75) is 26.9 Å². The molecule has 2 aromatic heterocycles.